The van der Waals surface area contributed by atoms with Gasteiger partial charge in [0.15, 0.2) is 0 Å². The quantitative estimate of drug-likeness (QED) is 0.745. The first-order valence-corrected chi connectivity index (χ1v) is 6.24. The Kier molecular flexibility index (Phi) is 3.33. The Morgan fingerprint density at radius 3 is 2.73 bits per heavy atom. The van der Waals surface area contributed by atoms with Crippen molar-refractivity contribution in [3.05, 3.63) is 0 Å². The molecule has 0 aromatic heterocycles. The summed E-state index contributed by atoms with van der Waals surface area (Å²) >= 11 is 0. The van der Waals surface area contributed by atoms with E-state index < -0.39 is 0 Å². The van der Waals surface area contributed by atoms with Crippen molar-refractivity contribution >= 4 is 0 Å². The zero-order valence-corrected chi connectivity index (χ0v) is 10.2. The third-order valence-corrected chi connectivity index (χ3v) is 4.20. The van der Waals surface area contributed by atoms with E-state index in [-0.39, 0.29) is 0 Å². The molecule has 0 bridgehead atoms. The van der Waals surface area contributed by atoms with Crippen molar-refractivity contribution in [3.63, 3.8) is 0 Å². The molecular weight excluding hydrogens is 186 g/mol. The molecule has 1 unspecified atom stereocenters. The summed E-state index contributed by atoms with van der Waals surface area (Å²) in [6, 6.07) is 0.757. The van der Waals surface area contributed by atoms with Gasteiger partial charge in [-0.05, 0) is 58.3 Å². The summed E-state index contributed by atoms with van der Waals surface area (Å²) in [4.78, 5) is 5.00. The summed E-state index contributed by atoms with van der Waals surface area (Å²) < 4.78 is 0. The number of nitrogens with zero attached hydrogens (tertiary/aromatic N) is 2. The molecule has 1 aliphatic heterocycles. The fraction of sp³-hybridized carbons (Fsp3) is 1.00. The predicted octanol–water partition coefficient (Wildman–Crippen LogP) is 0.751. The smallest absolute Gasteiger partial charge is 0.0220 e. The first kappa shape index (κ1) is 11.4. The Morgan fingerprint density at radius 1 is 1.47 bits per heavy atom. The molecule has 15 heavy (non-hydrogen) atoms. The first-order chi connectivity index (χ1) is 7.15. The van der Waals surface area contributed by atoms with Gasteiger partial charge in [0, 0.05) is 19.1 Å². The van der Waals surface area contributed by atoms with Crippen LogP contribution in [0.25, 0.3) is 0 Å². The number of hydrogen-bond donors (Lipinski definition) is 1. The summed E-state index contributed by atoms with van der Waals surface area (Å²) in [5.74, 6) is 0. The Labute approximate surface area is 93.6 Å². The van der Waals surface area contributed by atoms with Gasteiger partial charge in [0.2, 0.25) is 0 Å². The van der Waals surface area contributed by atoms with E-state index in [0.717, 1.165) is 12.6 Å². The number of piperidine rings is 1. The van der Waals surface area contributed by atoms with Gasteiger partial charge in [0.05, 0.1) is 0 Å². The molecule has 0 aromatic rings. The molecule has 0 aromatic carbocycles. The molecule has 2 N–H and O–H groups in total. The number of rotatable bonds is 4. The van der Waals surface area contributed by atoms with Crippen molar-refractivity contribution in [3.8, 4) is 0 Å². The number of nitrogens with two attached hydrogens (primary N) is 1. The maximum atomic E-state index is 5.84. The molecule has 0 radical (unpaired) electrons. The third-order valence-electron chi connectivity index (χ3n) is 4.20. The van der Waals surface area contributed by atoms with E-state index in [1.54, 1.807) is 0 Å². The summed E-state index contributed by atoms with van der Waals surface area (Å²) in [6.45, 7) is 4.59. The fourth-order valence-corrected chi connectivity index (χ4v) is 2.76. The first-order valence-electron chi connectivity index (χ1n) is 6.24. The molecule has 2 fully saturated rings. The monoisotopic (exact) mass is 211 g/mol. The van der Waals surface area contributed by atoms with Crippen molar-refractivity contribution in [1.82, 2.24) is 9.80 Å². The molecule has 1 aliphatic carbocycles. The van der Waals surface area contributed by atoms with Gasteiger partial charge in [-0.2, -0.15) is 0 Å². The molecule has 3 heteroatoms. The molecule has 2 aliphatic rings. The van der Waals surface area contributed by atoms with Crippen LogP contribution in [-0.4, -0.2) is 56.1 Å². The largest absolute Gasteiger partial charge is 0.330 e. The SMILES string of the molecule is CN1CCCC(N(C)CC2(CN)CC2)C1. The van der Waals surface area contributed by atoms with Crippen LogP contribution < -0.4 is 5.73 Å². The Hall–Kier alpha value is -0.120. The Morgan fingerprint density at radius 2 is 2.20 bits per heavy atom. The highest BCUT2D eigenvalue weighted by atomic mass is 15.2. The van der Waals surface area contributed by atoms with Crippen molar-refractivity contribution < 1.29 is 0 Å². The standard InChI is InChI=1S/C12H25N3/c1-14-7-3-4-11(8-14)15(2)10-12(9-13)5-6-12/h11H,3-10,13H2,1-2H3. The van der Waals surface area contributed by atoms with Gasteiger partial charge >= 0.3 is 0 Å². The molecule has 88 valence electrons. The normalized spacial score (nSPS) is 30.8. The zero-order chi connectivity index (χ0) is 10.9. The molecule has 2 rings (SSSR count). The molecule has 1 saturated heterocycles. The lowest BCUT2D eigenvalue weighted by molar-refractivity contribution is 0.117. The highest BCUT2D eigenvalue weighted by Gasteiger charge is 2.42. The van der Waals surface area contributed by atoms with Crippen molar-refractivity contribution in [2.24, 2.45) is 11.1 Å². The summed E-state index contributed by atoms with van der Waals surface area (Å²) in [7, 11) is 4.51. The summed E-state index contributed by atoms with van der Waals surface area (Å²) in [5, 5.41) is 0. The van der Waals surface area contributed by atoms with Crippen LogP contribution >= 0.6 is 0 Å². The highest BCUT2D eigenvalue weighted by Crippen LogP contribution is 2.45. The van der Waals surface area contributed by atoms with Crippen molar-refractivity contribution in [2.45, 2.75) is 31.7 Å². The minimum Gasteiger partial charge on any atom is -0.330 e. The molecular formula is C12H25N3. The van der Waals surface area contributed by atoms with E-state index in [9.17, 15) is 0 Å². The second kappa shape index (κ2) is 4.40. The maximum absolute atomic E-state index is 5.84. The Bertz CT molecular complexity index is 213. The van der Waals surface area contributed by atoms with Crippen LogP contribution in [0, 0.1) is 5.41 Å². The van der Waals surface area contributed by atoms with Gasteiger partial charge in [-0.1, -0.05) is 0 Å². The van der Waals surface area contributed by atoms with E-state index in [4.69, 9.17) is 5.73 Å². The lowest BCUT2D eigenvalue weighted by Gasteiger charge is -2.37. The summed E-state index contributed by atoms with van der Waals surface area (Å²) in [6.07, 6.45) is 5.40. The fourth-order valence-electron chi connectivity index (χ4n) is 2.76. The average molecular weight is 211 g/mol. The lowest BCUT2D eigenvalue weighted by Crippen LogP contribution is -2.47. The van der Waals surface area contributed by atoms with Gasteiger partial charge in [0.25, 0.3) is 0 Å². The number of likely N-dealkylation sites (N-methyl/N-ethyl adjacent to an activating group) is 2. The van der Waals surface area contributed by atoms with E-state index in [2.05, 4.69) is 23.9 Å². The second-order valence-corrected chi connectivity index (χ2v) is 5.68. The lowest BCUT2D eigenvalue weighted by atomic mass is 10.0. The molecule has 1 atom stereocenters. The summed E-state index contributed by atoms with van der Waals surface area (Å²) in [5.41, 5.74) is 6.33. The Balaban J connectivity index is 1.82. The van der Waals surface area contributed by atoms with Crippen LogP contribution in [0.5, 0.6) is 0 Å². The average Bonchev–Trinajstić information content (AvgIpc) is 2.98. The highest BCUT2D eigenvalue weighted by molar-refractivity contribution is 4.97. The van der Waals surface area contributed by atoms with Crippen LogP contribution in [0.1, 0.15) is 25.7 Å². The molecule has 1 saturated carbocycles. The van der Waals surface area contributed by atoms with E-state index in [0.29, 0.717) is 5.41 Å². The van der Waals surface area contributed by atoms with Crippen LogP contribution in [0.4, 0.5) is 0 Å². The topological polar surface area (TPSA) is 32.5 Å². The van der Waals surface area contributed by atoms with Gasteiger partial charge < -0.3 is 15.5 Å². The van der Waals surface area contributed by atoms with E-state index in [1.165, 1.54) is 45.3 Å². The van der Waals surface area contributed by atoms with Crippen LogP contribution in [0.2, 0.25) is 0 Å². The number of hydrogen-bond acceptors (Lipinski definition) is 3. The van der Waals surface area contributed by atoms with Crippen molar-refractivity contribution in [1.29, 1.82) is 0 Å². The molecule has 3 nitrogen and oxygen atoms in total. The van der Waals surface area contributed by atoms with Gasteiger partial charge in [-0.3, -0.25) is 0 Å². The van der Waals surface area contributed by atoms with Crippen LogP contribution in [0.15, 0.2) is 0 Å². The second-order valence-electron chi connectivity index (χ2n) is 5.68. The third kappa shape index (κ3) is 2.71. The molecule has 1 heterocycles. The van der Waals surface area contributed by atoms with Gasteiger partial charge in [-0.25, -0.2) is 0 Å². The zero-order valence-electron chi connectivity index (χ0n) is 10.2. The molecule has 0 amide bonds. The minimum atomic E-state index is 0.491. The van der Waals surface area contributed by atoms with Crippen LogP contribution in [0.3, 0.4) is 0 Å². The van der Waals surface area contributed by atoms with Crippen molar-refractivity contribution in [2.75, 3.05) is 40.3 Å². The minimum absolute atomic E-state index is 0.491. The number of likely N-dealkylation sites (tertiary alicyclic amines) is 1. The van der Waals surface area contributed by atoms with Crippen LogP contribution in [-0.2, 0) is 0 Å². The molecule has 0 spiro atoms. The van der Waals surface area contributed by atoms with E-state index >= 15 is 0 Å². The van der Waals surface area contributed by atoms with Gasteiger partial charge in [-0.15, -0.1) is 0 Å². The maximum Gasteiger partial charge on any atom is 0.0220 e. The predicted molar refractivity (Wildman–Crippen MR) is 63.9 cm³/mol. The van der Waals surface area contributed by atoms with Gasteiger partial charge in [0.1, 0.15) is 0 Å². The van der Waals surface area contributed by atoms with E-state index in [1.807, 2.05) is 0 Å².